The highest BCUT2D eigenvalue weighted by Gasteiger charge is 2.34. The Kier molecular flexibility index (Phi) is 8.98. The molecule has 0 bridgehead atoms. The molecule has 0 aliphatic heterocycles. The molecule has 4 N–H and O–H groups in total. The predicted molar refractivity (Wildman–Crippen MR) is 89.2 cm³/mol. The van der Waals surface area contributed by atoms with Gasteiger partial charge in [0.2, 0.25) is 0 Å². The lowest BCUT2D eigenvalue weighted by Gasteiger charge is -2.35. The monoisotopic (exact) mass is 349 g/mol. The fraction of sp³-hybridized carbons (Fsp3) is 0.600. The molecule has 0 spiro atoms. The lowest BCUT2D eigenvalue weighted by molar-refractivity contribution is -0.0293. The van der Waals surface area contributed by atoms with Crippen LogP contribution in [0, 0.1) is 5.92 Å². The molecule has 0 aromatic heterocycles. The van der Waals surface area contributed by atoms with Crippen molar-refractivity contribution in [1.29, 1.82) is 0 Å². The first-order valence-electron chi connectivity index (χ1n) is 7.24. The van der Waals surface area contributed by atoms with E-state index in [1.807, 2.05) is 45.3 Å². The van der Waals surface area contributed by atoms with Crippen LogP contribution in [0.3, 0.4) is 0 Å². The molecule has 134 valence electrons. The molecule has 0 unspecified atom stereocenters. The summed E-state index contributed by atoms with van der Waals surface area (Å²) in [6, 6.07) is 7.72. The van der Waals surface area contributed by atoms with Gasteiger partial charge in [-0.2, -0.15) is 0 Å². The fourth-order valence-electron chi connectivity index (χ4n) is 2.43. The van der Waals surface area contributed by atoms with E-state index in [4.69, 9.17) is 24.0 Å². The molecule has 2 atom stereocenters. The van der Waals surface area contributed by atoms with Crippen molar-refractivity contribution >= 4 is 7.82 Å². The summed E-state index contributed by atoms with van der Waals surface area (Å²) < 4.78 is 14.1. The molecule has 0 saturated heterocycles. The van der Waals surface area contributed by atoms with E-state index < -0.39 is 13.4 Å². The lowest BCUT2D eigenvalue weighted by Crippen LogP contribution is -2.38. The highest BCUT2D eigenvalue weighted by atomic mass is 31.2. The number of methoxy groups -OCH3 is 1. The van der Waals surface area contributed by atoms with Gasteiger partial charge in [-0.1, -0.05) is 26.0 Å². The average molecular weight is 349 g/mol. The van der Waals surface area contributed by atoms with Crippen LogP contribution in [0.4, 0.5) is 0 Å². The highest BCUT2D eigenvalue weighted by Crippen LogP contribution is 2.34. The topological polar surface area (TPSA) is 110 Å². The van der Waals surface area contributed by atoms with Gasteiger partial charge < -0.3 is 29.4 Å². The van der Waals surface area contributed by atoms with E-state index in [1.165, 1.54) is 0 Å². The number of rotatable bonds is 6. The van der Waals surface area contributed by atoms with Crippen LogP contribution in [0.2, 0.25) is 0 Å². The quantitative estimate of drug-likeness (QED) is 0.577. The van der Waals surface area contributed by atoms with Crippen LogP contribution in [-0.2, 0) is 10.2 Å². The third-order valence-electron chi connectivity index (χ3n) is 3.56. The van der Waals surface area contributed by atoms with Crippen molar-refractivity contribution in [1.82, 2.24) is 4.90 Å². The van der Waals surface area contributed by atoms with Gasteiger partial charge in [0.15, 0.2) is 0 Å². The standard InChI is InChI=1S/C15H25NO2.H3O4P/c1-6-15(17,12(2)11-16(3)4)13-8-7-9-14(10-13)18-5;1-5(2,3)4/h7-10,12,17H,6,11H2,1-5H3;(H3,1,2,3,4)/t12-,15-;/m1./s1. The maximum absolute atomic E-state index is 10.9. The van der Waals surface area contributed by atoms with Gasteiger partial charge >= 0.3 is 7.82 Å². The van der Waals surface area contributed by atoms with Crippen LogP contribution in [0.5, 0.6) is 5.75 Å². The summed E-state index contributed by atoms with van der Waals surface area (Å²) in [6.07, 6.45) is 0.690. The molecule has 1 aromatic carbocycles. The molecule has 0 heterocycles. The first-order valence-corrected chi connectivity index (χ1v) is 8.80. The van der Waals surface area contributed by atoms with Crippen LogP contribution in [-0.4, -0.2) is 52.4 Å². The van der Waals surface area contributed by atoms with Gasteiger partial charge in [-0.05, 0) is 38.2 Å². The zero-order valence-electron chi connectivity index (χ0n) is 14.3. The molecule has 0 fully saturated rings. The van der Waals surface area contributed by atoms with Crippen LogP contribution in [0.1, 0.15) is 25.8 Å². The second kappa shape index (κ2) is 9.37. The Morgan fingerprint density at radius 1 is 1.30 bits per heavy atom. The minimum Gasteiger partial charge on any atom is -0.497 e. The fourth-order valence-corrected chi connectivity index (χ4v) is 2.43. The third kappa shape index (κ3) is 8.46. The second-order valence-electron chi connectivity index (χ2n) is 5.69. The van der Waals surface area contributed by atoms with Crippen molar-refractivity contribution in [3.8, 4) is 5.75 Å². The van der Waals surface area contributed by atoms with Gasteiger partial charge in [0.05, 0.1) is 12.7 Å². The summed E-state index contributed by atoms with van der Waals surface area (Å²) in [4.78, 5) is 23.7. The van der Waals surface area contributed by atoms with Crippen LogP contribution in [0.15, 0.2) is 24.3 Å². The van der Waals surface area contributed by atoms with Crippen LogP contribution >= 0.6 is 7.82 Å². The largest absolute Gasteiger partial charge is 0.497 e. The molecule has 8 heteroatoms. The number of aliphatic hydroxyl groups is 1. The van der Waals surface area contributed by atoms with E-state index in [1.54, 1.807) is 7.11 Å². The second-order valence-corrected chi connectivity index (χ2v) is 6.71. The zero-order valence-corrected chi connectivity index (χ0v) is 15.2. The van der Waals surface area contributed by atoms with Gasteiger partial charge in [0, 0.05) is 12.5 Å². The summed E-state index contributed by atoms with van der Waals surface area (Å²) in [5, 5.41) is 10.9. The number of hydrogen-bond donors (Lipinski definition) is 4. The lowest BCUT2D eigenvalue weighted by atomic mass is 9.80. The van der Waals surface area contributed by atoms with Gasteiger partial charge in [-0.15, -0.1) is 0 Å². The smallest absolute Gasteiger partial charge is 0.466 e. The SMILES string of the molecule is CC[C@](O)(c1cccc(OC)c1)[C@H](C)CN(C)C.O=P(O)(O)O. The summed E-state index contributed by atoms with van der Waals surface area (Å²) in [6.45, 7) is 4.95. The minimum absolute atomic E-state index is 0.157. The molecular weight excluding hydrogens is 321 g/mol. The molecule has 1 aromatic rings. The normalized spacial score (nSPS) is 15.4. The molecule has 0 radical (unpaired) electrons. The Morgan fingerprint density at radius 3 is 2.22 bits per heavy atom. The molecule has 1 rings (SSSR count). The molecule has 23 heavy (non-hydrogen) atoms. The average Bonchev–Trinajstić information content (AvgIpc) is 2.43. The van der Waals surface area contributed by atoms with Gasteiger partial charge in [0.25, 0.3) is 0 Å². The zero-order chi connectivity index (χ0) is 18.3. The van der Waals surface area contributed by atoms with Crippen molar-refractivity contribution in [2.75, 3.05) is 27.7 Å². The maximum Gasteiger partial charge on any atom is 0.466 e. The van der Waals surface area contributed by atoms with Crippen LogP contribution in [0.25, 0.3) is 0 Å². The van der Waals surface area contributed by atoms with E-state index in [0.717, 1.165) is 17.9 Å². The van der Waals surface area contributed by atoms with E-state index in [-0.39, 0.29) is 5.92 Å². The Labute approximate surface area is 137 Å². The highest BCUT2D eigenvalue weighted by molar-refractivity contribution is 7.45. The molecule has 7 nitrogen and oxygen atoms in total. The Bertz CT molecular complexity index is 510. The Morgan fingerprint density at radius 2 is 1.83 bits per heavy atom. The van der Waals surface area contributed by atoms with Crippen molar-refractivity contribution in [2.24, 2.45) is 5.92 Å². The van der Waals surface area contributed by atoms with E-state index in [0.29, 0.717) is 6.42 Å². The number of phosphoric acid groups is 1. The van der Waals surface area contributed by atoms with Crippen molar-refractivity contribution in [3.63, 3.8) is 0 Å². The number of hydrogen-bond acceptors (Lipinski definition) is 4. The molecular formula is C15H28NO6P. The molecule has 0 saturated carbocycles. The summed E-state index contributed by atoms with van der Waals surface area (Å²) in [5.74, 6) is 0.945. The molecule has 0 aliphatic rings. The summed E-state index contributed by atoms with van der Waals surface area (Å²) in [5.41, 5.74) is 0.123. The number of nitrogens with zero attached hydrogens (tertiary/aromatic N) is 1. The maximum atomic E-state index is 10.9. The van der Waals surface area contributed by atoms with E-state index in [9.17, 15) is 5.11 Å². The van der Waals surface area contributed by atoms with E-state index >= 15 is 0 Å². The minimum atomic E-state index is -4.64. The molecule has 0 aliphatic carbocycles. The number of benzene rings is 1. The van der Waals surface area contributed by atoms with Crippen molar-refractivity contribution in [3.05, 3.63) is 29.8 Å². The van der Waals surface area contributed by atoms with Crippen LogP contribution < -0.4 is 4.74 Å². The van der Waals surface area contributed by atoms with Gasteiger partial charge in [0.1, 0.15) is 5.75 Å². The third-order valence-corrected chi connectivity index (χ3v) is 3.56. The Balaban J connectivity index is 0.000000841. The van der Waals surface area contributed by atoms with Gasteiger partial charge in [-0.3, -0.25) is 0 Å². The van der Waals surface area contributed by atoms with Gasteiger partial charge in [-0.25, -0.2) is 4.57 Å². The van der Waals surface area contributed by atoms with E-state index in [2.05, 4.69) is 11.8 Å². The first kappa shape index (κ1) is 22.1. The Hall–Kier alpha value is -0.950. The first-order chi connectivity index (χ1) is 10.4. The number of ether oxygens (including phenoxy) is 1. The predicted octanol–water partition coefficient (Wildman–Crippen LogP) is 1.56. The molecule has 0 amide bonds. The summed E-state index contributed by atoms with van der Waals surface area (Å²) >= 11 is 0. The van der Waals surface area contributed by atoms with Crippen molar-refractivity contribution < 1.29 is 29.1 Å². The van der Waals surface area contributed by atoms with Crippen molar-refractivity contribution in [2.45, 2.75) is 25.9 Å². The summed E-state index contributed by atoms with van der Waals surface area (Å²) in [7, 11) is 1.06.